The number of aromatic nitrogens is 3. The Hall–Kier alpha value is -4.12. The minimum atomic E-state index is -4.42. The molecule has 0 atom stereocenters. The number of ether oxygens (including phenoxy) is 3. The van der Waals surface area contributed by atoms with E-state index in [9.17, 15) is 18.0 Å². The van der Waals surface area contributed by atoms with Gasteiger partial charge in [-0.1, -0.05) is 17.3 Å². The highest BCUT2D eigenvalue weighted by atomic mass is 19.4. The van der Waals surface area contributed by atoms with Gasteiger partial charge in [-0.2, -0.15) is 18.2 Å². The summed E-state index contributed by atoms with van der Waals surface area (Å²) < 4.78 is 59.1. The molecule has 0 aliphatic rings. The number of hydrogen-bond acceptors (Lipinski definition) is 7. The summed E-state index contributed by atoms with van der Waals surface area (Å²) in [6, 6.07) is 16.2. The molecule has 4 aromatic rings. The standard InChI is InChI=1S/C25H22F3N3O5/c1-33-11-12-34-21-4-2-3-17(13-21)14-31-15-19(7-10-22(31)32)23-29-24(36-30-23)18-5-8-20(9-6-18)35-16-25(26,27)28/h2-10,13,15H,11-12,14,16H2,1H3. The molecular weight excluding hydrogens is 479 g/mol. The molecule has 0 unspecified atom stereocenters. The average molecular weight is 501 g/mol. The quantitative estimate of drug-likeness (QED) is 0.294. The van der Waals surface area contributed by atoms with Crippen molar-refractivity contribution in [2.45, 2.75) is 12.7 Å². The molecule has 0 spiro atoms. The summed E-state index contributed by atoms with van der Waals surface area (Å²) in [5.41, 5.74) is 1.72. The van der Waals surface area contributed by atoms with Crippen molar-refractivity contribution in [3.8, 4) is 34.3 Å². The first kappa shape index (κ1) is 25.0. The van der Waals surface area contributed by atoms with Crippen LogP contribution in [0.3, 0.4) is 0 Å². The van der Waals surface area contributed by atoms with Crippen LogP contribution >= 0.6 is 0 Å². The van der Waals surface area contributed by atoms with Crippen molar-refractivity contribution in [2.24, 2.45) is 0 Å². The lowest BCUT2D eigenvalue weighted by Gasteiger charge is -2.10. The van der Waals surface area contributed by atoms with Crippen LogP contribution in [0.25, 0.3) is 22.8 Å². The van der Waals surface area contributed by atoms with Gasteiger partial charge >= 0.3 is 6.18 Å². The Morgan fingerprint density at radius 1 is 0.944 bits per heavy atom. The van der Waals surface area contributed by atoms with Gasteiger partial charge in [-0.15, -0.1) is 0 Å². The molecule has 2 heterocycles. The fraction of sp³-hybridized carbons (Fsp3) is 0.240. The van der Waals surface area contributed by atoms with Crippen molar-refractivity contribution in [3.05, 3.63) is 82.8 Å². The van der Waals surface area contributed by atoms with Crippen LogP contribution in [0.4, 0.5) is 13.2 Å². The second-order valence-corrected chi connectivity index (χ2v) is 7.72. The molecule has 11 heteroatoms. The summed E-state index contributed by atoms with van der Waals surface area (Å²) >= 11 is 0. The van der Waals surface area contributed by atoms with Crippen molar-refractivity contribution in [3.63, 3.8) is 0 Å². The molecule has 0 amide bonds. The van der Waals surface area contributed by atoms with Crippen LogP contribution in [0, 0.1) is 0 Å². The highest BCUT2D eigenvalue weighted by molar-refractivity contribution is 5.59. The van der Waals surface area contributed by atoms with E-state index in [1.807, 2.05) is 24.3 Å². The number of hydrogen-bond donors (Lipinski definition) is 0. The number of pyridine rings is 1. The van der Waals surface area contributed by atoms with Gasteiger partial charge in [0.15, 0.2) is 6.61 Å². The molecule has 0 N–H and O–H groups in total. The van der Waals surface area contributed by atoms with E-state index in [2.05, 4.69) is 10.1 Å². The molecule has 8 nitrogen and oxygen atoms in total. The lowest BCUT2D eigenvalue weighted by molar-refractivity contribution is -0.153. The largest absolute Gasteiger partial charge is 0.491 e. The number of rotatable bonds is 10. The summed E-state index contributed by atoms with van der Waals surface area (Å²) in [4.78, 5) is 16.8. The van der Waals surface area contributed by atoms with E-state index in [-0.39, 0.29) is 23.0 Å². The van der Waals surface area contributed by atoms with E-state index in [4.69, 9.17) is 18.7 Å². The molecular formula is C25H22F3N3O5. The number of benzene rings is 2. The first-order valence-corrected chi connectivity index (χ1v) is 10.9. The summed E-state index contributed by atoms with van der Waals surface area (Å²) in [6.07, 6.45) is -2.79. The maximum Gasteiger partial charge on any atom is 0.422 e. The monoisotopic (exact) mass is 501 g/mol. The molecule has 0 saturated heterocycles. The predicted octanol–water partition coefficient (Wildman–Crippen LogP) is 4.58. The normalized spacial score (nSPS) is 11.4. The van der Waals surface area contributed by atoms with Crippen LogP contribution in [-0.4, -0.2) is 47.8 Å². The molecule has 0 aliphatic carbocycles. The van der Waals surface area contributed by atoms with E-state index in [0.717, 1.165) is 5.56 Å². The maximum absolute atomic E-state index is 12.4. The molecule has 4 rings (SSSR count). The number of halogens is 3. The minimum absolute atomic E-state index is 0.0658. The van der Waals surface area contributed by atoms with E-state index in [1.165, 1.54) is 34.9 Å². The number of nitrogens with zero attached hydrogens (tertiary/aromatic N) is 3. The van der Waals surface area contributed by atoms with Gasteiger partial charge in [0.05, 0.1) is 13.2 Å². The van der Waals surface area contributed by atoms with Crippen molar-refractivity contribution in [1.82, 2.24) is 14.7 Å². The van der Waals surface area contributed by atoms with Gasteiger partial charge in [0.25, 0.3) is 11.4 Å². The van der Waals surface area contributed by atoms with Gasteiger partial charge in [-0.05, 0) is 48.0 Å². The highest BCUT2D eigenvalue weighted by Gasteiger charge is 2.28. The zero-order valence-corrected chi connectivity index (χ0v) is 19.2. The Bertz CT molecular complexity index is 1350. The van der Waals surface area contributed by atoms with Gasteiger partial charge in [-0.3, -0.25) is 4.79 Å². The summed E-state index contributed by atoms with van der Waals surface area (Å²) in [7, 11) is 1.60. The third-order valence-corrected chi connectivity index (χ3v) is 4.98. The molecule has 0 radical (unpaired) electrons. The van der Waals surface area contributed by atoms with Crippen molar-refractivity contribution < 1.29 is 31.9 Å². The number of methoxy groups -OCH3 is 1. The van der Waals surface area contributed by atoms with Gasteiger partial charge in [0, 0.05) is 30.5 Å². The molecule has 2 aromatic carbocycles. The first-order valence-electron chi connectivity index (χ1n) is 10.9. The maximum atomic E-state index is 12.4. The van der Waals surface area contributed by atoms with E-state index in [1.54, 1.807) is 19.4 Å². The van der Waals surface area contributed by atoms with Crippen molar-refractivity contribution >= 4 is 0 Å². The third-order valence-electron chi connectivity index (χ3n) is 4.98. The molecule has 36 heavy (non-hydrogen) atoms. The Kier molecular flexibility index (Phi) is 7.69. The van der Waals surface area contributed by atoms with Gasteiger partial charge < -0.3 is 23.3 Å². The first-order chi connectivity index (χ1) is 17.3. The smallest absolute Gasteiger partial charge is 0.422 e. The average Bonchev–Trinajstić information content (AvgIpc) is 3.35. The second-order valence-electron chi connectivity index (χ2n) is 7.72. The third kappa shape index (κ3) is 6.72. The minimum Gasteiger partial charge on any atom is -0.491 e. The van der Waals surface area contributed by atoms with Crippen LogP contribution < -0.4 is 15.0 Å². The van der Waals surface area contributed by atoms with Crippen LogP contribution in [0.5, 0.6) is 11.5 Å². The van der Waals surface area contributed by atoms with Crippen molar-refractivity contribution in [2.75, 3.05) is 26.9 Å². The van der Waals surface area contributed by atoms with Crippen LogP contribution in [0.2, 0.25) is 0 Å². The van der Waals surface area contributed by atoms with Gasteiger partial charge in [0.1, 0.15) is 18.1 Å². The van der Waals surface area contributed by atoms with Crippen LogP contribution in [0.15, 0.2) is 76.2 Å². The molecule has 2 aromatic heterocycles. The number of alkyl halides is 3. The zero-order valence-electron chi connectivity index (χ0n) is 19.2. The fourth-order valence-electron chi connectivity index (χ4n) is 3.28. The summed E-state index contributed by atoms with van der Waals surface area (Å²) in [5, 5.41) is 3.97. The Morgan fingerprint density at radius 2 is 1.72 bits per heavy atom. The zero-order chi connectivity index (χ0) is 25.5. The Morgan fingerprint density at radius 3 is 2.47 bits per heavy atom. The van der Waals surface area contributed by atoms with E-state index < -0.39 is 12.8 Å². The topological polar surface area (TPSA) is 88.6 Å². The lowest BCUT2D eigenvalue weighted by Crippen LogP contribution is -2.19. The molecule has 188 valence electrons. The molecule has 0 bridgehead atoms. The van der Waals surface area contributed by atoms with Crippen LogP contribution in [0.1, 0.15) is 5.56 Å². The molecule has 0 saturated carbocycles. The summed E-state index contributed by atoms with van der Waals surface area (Å²) in [5.74, 6) is 1.17. The highest BCUT2D eigenvalue weighted by Crippen LogP contribution is 2.25. The van der Waals surface area contributed by atoms with Crippen molar-refractivity contribution in [1.29, 1.82) is 0 Å². The second kappa shape index (κ2) is 11.1. The summed E-state index contributed by atoms with van der Waals surface area (Å²) in [6.45, 7) is -0.191. The Balaban J connectivity index is 1.48. The van der Waals surface area contributed by atoms with Gasteiger partial charge in [-0.25, -0.2) is 0 Å². The SMILES string of the molecule is COCCOc1cccc(Cn2cc(-c3noc(-c4ccc(OCC(F)(F)F)cc4)n3)ccc2=O)c1. The predicted molar refractivity (Wildman–Crippen MR) is 124 cm³/mol. The van der Waals surface area contributed by atoms with E-state index in [0.29, 0.717) is 36.6 Å². The fourth-order valence-corrected chi connectivity index (χ4v) is 3.28. The molecule has 0 aliphatic heterocycles. The van der Waals surface area contributed by atoms with E-state index >= 15 is 0 Å². The van der Waals surface area contributed by atoms with Gasteiger partial charge in [0.2, 0.25) is 5.82 Å². The molecule has 0 fully saturated rings. The Labute approximate surface area is 203 Å². The lowest BCUT2D eigenvalue weighted by atomic mass is 10.2. The van der Waals surface area contributed by atoms with Crippen LogP contribution in [-0.2, 0) is 11.3 Å².